The number of aromatic amines is 2. The normalized spacial score (nSPS) is 19.6. The zero-order valence-corrected chi connectivity index (χ0v) is 28.2. The number of carbonyl (C=O) groups excluding carboxylic acids is 2. The van der Waals surface area contributed by atoms with Crippen LogP contribution in [0.1, 0.15) is 92.9 Å². The van der Waals surface area contributed by atoms with E-state index in [2.05, 4.69) is 35.6 Å². The van der Waals surface area contributed by atoms with Crippen LogP contribution in [0.15, 0.2) is 42.9 Å². The smallest absolute Gasteiger partial charge is 0.253 e. The van der Waals surface area contributed by atoms with Gasteiger partial charge in [-0.15, -0.1) is 0 Å². The molecule has 0 atom stereocenters. The average molecular weight is 688 g/mol. The maximum Gasteiger partial charge on any atom is 0.253 e. The van der Waals surface area contributed by atoms with Gasteiger partial charge in [0, 0.05) is 70.6 Å². The minimum absolute atomic E-state index is 0.0102. The van der Waals surface area contributed by atoms with Crippen molar-refractivity contribution in [2.24, 2.45) is 0 Å². The highest BCUT2D eigenvalue weighted by Gasteiger charge is 2.46. The Morgan fingerprint density at radius 1 is 0.680 bits per heavy atom. The summed E-state index contributed by atoms with van der Waals surface area (Å²) in [5.74, 6) is -0.335. The van der Waals surface area contributed by atoms with Gasteiger partial charge in [0.15, 0.2) is 0 Å². The van der Waals surface area contributed by atoms with Gasteiger partial charge in [0.2, 0.25) is 5.95 Å². The lowest BCUT2D eigenvalue weighted by Gasteiger charge is -2.45. The molecule has 2 fully saturated rings. The fraction of sp³-hybridized carbons (Fsp3) is 0.359. The van der Waals surface area contributed by atoms with Crippen LogP contribution in [-0.2, 0) is 38.5 Å². The number of hydrogen-bond acceptors (Lipinski definition) is 5. The zero-order chi connectivity index (χ0) is 33.8. The highest BCUT2D eigenvalue weighted by atomic mass is 35.5. The van der Waals surface area contributed by atoms with Gasteiger partial charge in [-0.2, -0.15) is 4.39 Å². The van der Waals surface area contributed by atoms with Crippen LogP contribution in [0, 0.1) is 5.95 Å². The van der Waals surface area contributed by atoms with Gasteiger partial charge >= 0.3 is 0 Å². The number of aryl methyl sites for hydroxylation is 2. The van der Waals surface area contributed by atoms with Crippen LogP contribution in [0.3, 0.4) is 0 Å². The van der Waals surface area contributed by atoms with Crippen LogP contribution in [0.4, 0.5) is 4.39 Å². The summed E-state index contributed by atoms with van der Waals surface area (Å²) in [5.41, 5.74) is 14.3. The van der Waals surface area contributed by atoms with Crippen molar-refractivity contribution in [2.75, 3.05) is 0 Å². The summed E-state index contributed by atoms with van der Waals surface area (Å²) in [7, 11) is 0. The van der Waals surface area contributed by atoms with Crippen LogP contribution >= 0.6 is 11.6 Å². The molecule has 0 saturated heterocycles. The summed E-state index contributed by atoms with van der Waals surface area (Å²) in [4.78, 5) is 45.1. The van der Waals surface area contributed by atoms with E-state index >= 15 is 0 Å². The lowest BCUT2D eigenvalue weighted by atomic mass is 9.71. The molecule has 2 saturated carbocycles. The number of pyridine rings is 3. The van der Waals surface area contributed by atoms with Crippen LogP contribution < -0.4 is 10.6 Å². The number of carbonyl (C=O) groups is 2. The maximum absolute atomic E-state index is 13.2. The molecule has 2 spiro atoms. The Bertz CT molecular complexity index is 2260. The molecule has 0 radical (unpaired) electrons. The summed E-state index contributed by atoms with van der Waals surface area (Å²) in [5, 5.41) is 7.03. The number of nitrogens with zero attached hydrogens (tertiary/aromatic N) is 3. The number of rotatable bonds is 1. The fourth-order valence-corrected chi connectivity index (χ4v) is 9.32. The topological polar surface area (TPSA) is 128 Å². The van der Waals surface area contributed by atoms with Gasteiger partial charge in [0.1, 0.15) is 5.15 Å². The van der Waals surface area contributed by atoms with Gasteiger partial charge in [-0.25, -0.2) is 9.97 Å². The lowest BCUT2D eigenvalue weighted by Crippen LogP contribution is -2.58. The molecule has 4 N–H and O–H groups in total. The van der Waals surface area contributed by atoms with E-state index in [0.717, 1.165) is 132 Å². The van der Waals surface area contributed by atoms with E-state index < -0.39 is 5.95 Å². The van der Waals surface area contributed by atoms with Crippen molar-refractivity contribution in [3.63, 3.8) is 0 Å². The SMILES string of the molecule is O=C1NC2(CCC2)Cc2[nH]c3c(c21)CCc1cnc(-c2ccc(F)nc2)cc1-3.O=C1NC2(CCC2)Cc2[nH]c3c(c21)CCc1cnc(Cl)cc1-3. The van der Waals surface area contributed by atoms with E-state index in [-0.39, 0.29) is 22.9 Å². The van der Waals surface area contributed by atoms with E-state index in [0.29, 0.717) is 5.15 Å². The van der Waals surface area contributed by atoms with Crippen molar-refractivity contribution in [1.82, 2.24) is 35.6 Å². The van der Waals surface area contributed by atoms with Gasteiger partial charge in [-0.05, 0) is 111 Å². The highest BCUT2D eigenvalue weighted by molar-refractivity contribution is 6.29. The van der Waals surface area contributed by atoms with Gasteiger partial charge in [0.05, 0.1) is 28.2 Å². The quantitative estimate of drug-likeness (QED) is 0.147. The number of halogens is 2. The van der Waals surface area contributed by atoms with E-state index in [9.17, 15) is 14.0 Å². The lowest BCUT2D eigenvalue weighted by molar-refractivity contribution is 0.0783. The van der Waals surface area contributed by atoms with E-state index in [1.165, 1.54) is 36.2 Å². The second-order valence-corrected chi connectivity index (χ2v) is 15.3. The maximum atomic E-state index is 13.2. The summed E-state index contributed by atoms with van der Waals surface area (Å²) in [6.45, 7) is 0. The molecule has 0 unspecified atom stereocenters. The minimum Gasteiger partial charge on any atom is -0.357 e. The molecule has 11 rings (SSSR count). The Morgan fingerprint density at radius 3 is 1.76 bits per heavy atom. The Labute approximate surface area is 292 Å². The third kappa shape index (κ3) is 4.60. The first kappa shape index (κ1) is 30.0. The molecule has 9 nitrogen and oxygen atoms in total. The number of H-pyrrole nitrogens is 2. The molecule has 0 aromatic carbocycles. The number of fused-ring (bicyclic) bond motifs is 10. The molecule has 2 aliphatic heterocycles. The molecule has 7 heterocycles. The van der Waals surface area contributed by atoms with Crippen LogP contribution in [0.25, 0.3) is 33.8 Å². The summed E-state index contributed by atoms with van der Waals surface area (Å²) in [6, 6.07) is 6.97. The van der Waals surface area contributed by atoms with Crippen molar-refractivity contribution in [3.05, 3.63) is 98.7 Å². The zero-order valence-electron chi connectivity index (χ0n) is 27.4. The van der Waals surface area contributed by atoms with Crippen LogP contribution in [0.5, 0.6) is 0 Å². The predicted molar refractivity (Wildman–Crippen MR) is 187 cm³/mol. The Kier molecular flexibility index (Phi) is 6.51. The first-order valence-corrected chi connectivity index (χ1v) is 18.0. The first-order valence-electron chi connectivity index (χ1n) is 17.7. The molecule has 6 aliphatic rings. The number of amides is 2. The highest BCUT2D eigenvalue weighted by Crippen LogP contribution is 2.45. The van der Waals surface area contributed by atoms with Crippen molar-refractivity contribution in [2.45, 2.75) is 88.1 Å². The van der Waals surface area contributed by atoms with Crippen molar-refractivity contribution in [1.29, 1.82) is 0 Å². The number of nitrogens with one attached hydrogen (secondary N) is 4. The number of hydrogen-bond donors (Lipinski definition) is 4. The standard InChI is InChI=1S/C22H19FN4O.C17H16ClN3O/c23-18-5-3-13(11-25-18)16-8-15-12(10-24-16)2-4-14-19-17(26-20(14)15)9-22(6-1-7-22)27-21(19)28;18-13-6-11-9(8-19-13)2-3-10-14-12(20-15(10)11)7-17(4-1-5-17)21-16(14)22/h3,5,8,10-11,26H,1-2,4,6-7,9H2,(H,27,28);6,8,20H,1-5,7H2,(H,21,22). The van der Waals surface area contributed by atoms with Crippen LogP contribution in [0.2, 0.25) is 5.15 Å². The number of aromatic nitrogens is 5. The van der Waals surface area contributed by atoms with Gasteiger partial charge in [-0.1, -0.05) is 11.6 Å². The Hall–Kier alpha value is -4.83. The molecule has 252 valence electrons. The van der Waals surface area contributed by atoms with Crippen LogP contribution in [-0.4, -0.2) is 47.8 Å². The second kappa shape index (κ2) is 10.8. The average Bonchev–Trinajstić information content (AvgIpc) is 3.66. The Balaban J connectivity index is 0.000000130. The molecule has 4 aliphatic carbocycles. The van der Waals surface area contributed by atoms with Crippen molar-refractivity contribution < 1.29 is 14.0 Å². The predicted octanol–water partition coefficient (Wildman–Crippen LogP) is 6.62. The van der Waals surface area contributed by atoms with Crippen molar-refractivity contribution in [3.8, 4) is 33.8 Å². The second-order valence-electron chi connectivity index (χ2n) is 15.0. The molecular formula is C39H35ClFN7O2. The van der Waals surface area contributed by atoms with E-state index in [4.69, 9.17) is 11.6 Å². The fourth-order valence-electron chi connectivity index (χ4n) is 9.16. The van der Waals surface area contributed by atoms with Gasteiger partial charge in [0.25, 0.3) is 11.8 Å². The molecular weight excluding hydrogens is 653 g/mol. The Morgan fingerprint density at radius 2 is 1.24 bits per heavy atom. The van der Waals surface area contributed by atoms with E-state index in [1.54, 1.807) is 6.07 Å². The first-order chi connectivity index (χ1) is 24.3. The molecule has 5 aromatic rings. The van der Waals surface area contributed by atoms with Crippen molar-refractivity contribution >= 4 is 23.4 Å². The molecule has 50 heavy (non-hydrogen) atoms. The monoisotopic (exact) mass is 687 g/mol. The largest absolute Gasteiger partial charge is 0.357 e. The van der Waals surface area contributed by atoms with E-state index in [1.807, 2.05) is 24.5 Å². The third-order valence-electron chi connectivity index (χ3n) is 12.0. The molecule has 5 aromatic heterocycles. The molecule has 2 amide bonds. The minimum atomic E-state index is -0.503. The molecule has 11 heteroatoms. The third-order valence-corrected chi connectivity index (χ3v) is 12.2. The summed E-state index contributed by atoms with van der Waals surface area (Å²) in [6.07, 6.45) is 17.3. The summed E-state index contributed by atoms with van der Waals surface area (Å²) >= 11 is 6.07. The summed E-state index contributed by atoms with van der Waals surface area (Å²) < 4.78 is 13.2. The van der Waals surface area contributed by atoms with Gasteiger partial charge < -0.3 is 20.6 Å². The van der Waals surface area contributed by atoms with Gasteiger partial charge in [-0.3, -0.25) is 14.6 Å². The molecule has 0 bridgehead atoms.